The van der Waals surface area contributed by atoms with Crippen molar-refractivity contribution in [2.45, 2.75) is 57.5 Å². The molecule has 0 unspecified atom stereocenters. The maximum atomic E-state index is 13.3. The second kappa shape index (κ2) is 9.00. The Labute approximate surface area is 193 Å². The van der Waals surface area contributed by atoms with Gasteiger partial charge in [-0.3, -0.25) is 19.5 Å². The van der Waals surface area contributed by atoms with Crippen molar-refractivity contribution in [2.75, 3.05) is 26.2 Å². The van der Waals surface area contributed by atoms with E-state index in [4.69, 9.17) is 0 Å². The second-order valence-corrected chi connectivity index (χ2v) is 9.41. The largest absolute Gasteiger partial charge is 0.341 e. The minimum atomic E-state index is -0.400. The van der Waals surface area contributed by atoms with Crippen LogP contribution in [-0.4, -0.2) is 74.8 Å². The molecule has 8 nitrogen and oxygen atoms in total. The molecule has 0 bridgehead atoms. The van der Waals surface area contributed by atoms with Crippen LogP contribution >= 0.6 is 0 Å². The van der Waals surface area contributed by atoms with E-state index in [0.29, 0.717) is 44.7 Å². The summed E-state index contributed by atoms with van der Waals surface area (Å²) in [6, 6.07) is 7.89. The molecule has 5 rings (SSSR count). The number of benzene rings is 1. The molecule has 0 saturated carbocycles. The van der Waals surface area contributed by atoms with Gasteiger partial charge in [0.25, 0.3) is 5.91 Å². The monoisotopic (exact) mass is 449 g/mol. The number of H-pyrrole nitrogens is 1. The highest BCUT2D eigenvalue weighted by Crippen LogP contribution is 2.31. The van der Waals surface area contributed by atoms with Gasteiger partial charge >= 0.3 is 0 Å². The van der Waals surface area contributed by atoms with Gasteiger partial charge in [-0.2, -0.15) is 5.10 Å². The highest BCUT2D eigenvalue weighted by Gasteiger charge is 2.35. The summed E-state index contributed by atoms with van der Waals surface area (Å²) in [4.78, 5) is 43.8. The zero-order chi connectivity index (χ0) is 22.9. The van der Waals surface area contributed by atoms with Crippen molar-refractivity contribution in [1.82, 2.24) is 24.9 Å². The van der Waals surface area contributed by atoms with Crippen LogP contribution in [0.2, 0.25) is 0 Å². The van der Waals surface area contributed by atoms with Crippen LogP contribution < -0.4 is 0 Å². The van der Waals surface area contributed by atoms with Crippen LogP contribution in [0.25, 0.3) is 0 Å². The number of nitrogens with one attached hydrogen (secondary N) is 1. The van der Waals surface area contributed by atoms with E-state index in [0.717, 1.165) is 31.4 Å². The minimum absolute atomic E-state index is 0.0212. The fourth-order valence-corrected chi connectivity index (χ4v) is 5.48. The summed E-state index contributed by atoms with van der Waals surface area (Å²) in [5, 5.41) is 7.28. The predicted molar refractivity (Wildman–Crippen MR) is 122 cm³/mol. The zero-order valence-corrected chi connectivity index (χ0v) is 19.1. The fourth-order valence-electron chi connectivity index (χ4n) is 5.48. The van der Waals surface area contributed by atoms with Crippen LogP contribution in [0, 0.1) is 0 Å². The molecule has 2 saturated heterocycles. The first-order valence-electron chi connectivity index (χ1n) is 12.0. The molecule has 1 aromatic heterocycles. The van der Waals surface area contributed by atoms with E-state index in [1.807, 2.05) is 28.9 Å². The second-order valence-electron chi connectivity index (χ2n) is 9.41. The molecular weight excluding hydrogens is 418 g/mol. The van der Waals surface area contributed by atoms with Gasteiger partial charge in [-0.15, -0.1) is 0 Å². The van der Waals surface area contributed by atoms with Crippen molar-refractivity contribution in [3.63, 3.8) is 0 Å². The summed E-state index contributed by atoms with van der Waals surface area (Å²) in [5.41, 5.74) is 4.05. The number of hydrogen-bond donors (Lipinski definition) is 1. The van der Waals surface area contributed by atoms with Crippen molar-refractivity contribution in [3.8, 4) is 0 Å². The number of aromatic nitrogens is 2. The van der Waals surface area contributed by atoms with Crippen LogP contribution in [0.3, 0.4) is 0 Å². The van der Waals surface area contributed by atoms with E-state index in [2.05, 4.69) is 22.3 Å². The summed E-state index contributed by atoms with van der Waals surface area (Å²) >= 11 is 0. The number of nitrogens with zero attached hydrogens (tertiary/aromatic N) is 4. The minimum Gasteiger partial charge on any atom is -0.341 e. The standard InChI is InChI=1S/C25H31N5O3/c1-17(30-11-4-7-22(30)31)24(32)28-12-9-19(10-13-28)23-21(15-26-27-23)25(33)29-14-8-18-5-2-3-6-20(18)16-29/h2-3,5-6,15,17,19H,4,7-14,16H2,1H3,(H,26,27)/t17-/m1/s1. The van der Waals surface area contributed by atoms with Gasteiger partial charge in [0.05, 0.1) is 17.5 Å². The van der Waals surface area contributed by atoms with Crippen LogP contribution in [-0.2, 0) is 22.6 Å². The maximum Gasteiger partial charge on any atom is 0.257 e. The molecule has 33 heavy (non-hydrogen) atoms. The van der Waals surface area contributed by atoms with E-state index in [-0.39, 0.29) is 23.6 Å². The lowest BCUT2D eigenvalue weighted by Crippen LogP contribution is -2.49. The molecular formula is C25H31N5O3. The van der Waals surface area contributed by atoms with Gasteiger partial charge in [0.2, 0.25) is 11.8 Å². The smallest absolute Gasteiger partial charge is 0.257 e. The number of likely N-dealkylation sites (tertiary alicyclic amines) is 2. The fraction of sp³-hybridized carbons (Fsp3) is 0.520. The van der Waals surface area contributed by atoms with Gasteiger partial charge in [-0.25, -0.2) is 0 Å². The lowest BCUT2D eigenvalue weighted by atomic mass is 9.90. The molecule has 1 N–H and O–H groups in total. The molecule has 1 aromatic carbocycles. The Hall–Kier alpha value is -3.16. The first-order valence-corrected chi connectivity index (χ1v) is 12.0. The van der Waals surface area contributed by atoms with Crippen molar-refractivity contribution in [1.29, 1.82) is 0 Å². The van der Waals surface area contributed by atoms with E-state index >= 15 is 0 Å². The van der Waals surface area contributed by atoms with Gasteiger partial charge in [0.1, 0.15) is 6.04 Å². The Morgan fingerprint density at radius 3 is 2.52 bits per heavy atom. The van der Waals surface area contributed by atoms with Crippen LogP contribution in [0.1, 0.15) is 65.7 Å². The SMILES string of the molecule is C[C@H](C(=O)N1CCC(c2[nH]ncc2C(=O)N2CCc3ccccc3C2)CC1)N1CCCC1=O. The number of carbonyl (C=O) groups excluding carboxylic acids is 3. The number of piperidine rings is 1. The molecule has 3 aliphatic rings. The molecule has 0 spiro atoms. The van der Waals surface area contributed by atoms with Crippen molar-refractivity contribution in [3.05, 3.63) is 52.8 Å². The highest BCUT2D eigenvalue weighted by atomic mass is 16.2. The van der Waals surface area contributed by atoms with Crippen LogP contribution in [0.4, 0.5) is 0 Å². The van der Waals surface area contributed by atoms with Crippen LogP contribution in [0.5, 0.6) is 0 Å². The molecule has 174 valence electrons. The number of fused-ring (bicyclic) bond motifs is 1. The topological polar surface area (TPSA) is 89.6 Å². The van der Waals surface area contributed by atoms with Crippen molar-refractivity contribution < 1.29 is 14.4 Å². The van der Waals surface area contributed by atoms with Crippen molar-refractivity contribution >= 4 is 17.7 Å². The van der Waals surface area contributed by atoms with Gasteiger partial charge in [0.15, 0.2) is 0 Å². The van der Waals surface area contributed by atoms with Gasteiger partial charge in [-0.05, 0) is 43.7 Å². The molecule has 3 aliphatic heterocycles. The summed E-state index contributed by atoms with van der Waals surface area (Å²) in [5.74, 6) is 0.285. The average Bonchev–Trinajstić information content (AvgIpc) is 3.51. The van der Waals surface area contributed by atoms with Gasteiger partial charge in [-0.1, -0.05) is 24.3 Å². The third-order valence-electron chi connectivity index (χ3n) is 7.47. The highest BCUT2D eigenvalue weighted by molar-refractivity contribution is 5.95. The summed E-state index contributed by atoms with van der Waals surface area (Å²) < 4.78 is 0. The molecule has 2 fully saturated rings. The molecule has 2 aromatic rings. The third-order valence-corrected chi connectivity index (χ3v) is 7.47. The summed E-state index contributed by atoms with van der Waals surface area (Å²) in [7, 11) is 0. The summed E-state index contributed by atoms with van der Waals surface area (Å²) in [6.07, 6.45) is 5.44. The number of aromatic amines is 1. The van der Waals surface area contributed by atoms with E-state index in [1.165, 1.54) is 11.1 Å². The van der Waals surface area contributed by atoms with Crippen LogP contribution in [0.15, 0.2) is 30.5 Å². The van der Waals surface area contributed by atoms with Crippen molar-refractivity contribution in [2.24, 2.45) is 0 Å². The normalized spacial score (nSPS) is 20.2. The lowest BCUT2D eigenvalue weighted by Gasteiger charge is -2.35. The number of amides is 3. The number of rotatable bonds is 4. The lowest BCUT2D eigenvalue weighted by molar-refractivity contribution is -0.143. The first kappa shape index (κ1) is 21.7. The Morgan fingerprint density at radius 1 is 1.03 bits per heavy atom. The quantitative estimate of drug-likeness (QED) is 0.776. The Kier molecular flexibility index (Phi) is 5.91. The zero-order valence-electron chi connectivity index (χ0n) is 19.1. The molecule has 0 radical (unpaired) electrons. The summed E-state index contributed by atoms with van der Waals surface area (Å²) in [6.45, 7) is 5.09. The first-order chi connectivity index (χ1) is 16.0. The van der Waals surface area contributed by atoms with Gasteiger partial charge in [0, 0.05) is 45.1 Å². The molecule has 0 aliphatic carbocycles. The Bertz CT molecular complexity index is 1060. The number of carbonyl (C=O) groups is 3. The maximum absolute atomic E-state index is 13.3. The van der Waals surface area contributed by atoms with Gasteiger partial charge < -0.3 is 14.7 Å². The molecule has 8 heteroatoms. The Balaban J connectivity index is 1.22. The number of hydrogen-bond acceptors (Lipinski definition) is 4. The molecule has 1 atom stereocenters. The van der Waals surface area contributed by atoms with E-state index < -0.39 is 6.04 Å². The van der Waals surface area contributed by atoms with E-state index in [1.54, 1.807) is 11.1 Å². The molecule has 3 amide bonds. The average molecular weight is 450 g/mol. The third kappa shape index (κ3) is 4.14. The predicted octanol–water partition coefficient (Wildman–Crippen LogP) is 2.33. The van der Waals surface area contributed by atoms with E-state index in [9.17, 15) is 14.4 Å². The molecule has 4 heterocycles. The Morgan fingerprint density at radius 2 is 1.79 bits per heavy atom.